The van der Waals surface area contributed by atoms with E-state index < -0.39 is 0 Å². The van der Waals surface area contributed by atoms with Crippen molar-refractivity contribution in [2.75, 3.05) is 13.1 Å². The van der Waals surface area contributed by atoms with Gasteiger partial charge in [-0.05, 0) is 38.3 Å². The molecule has 1 aromatic rings. The minimum atomic E-state index is 0.514. The van der Waals surface area contributed by atoms with Crippen LogP contribution in [0.3, 0.4) is 0 Å². The highest BCUT2D eigenvalue weighted by Crippen LogP contribution is 2.22. The molecule has 1 unspecified atom stereocenters. The Morgan fingerprint density at radius 1 is 1.45 bits per heavy atom. The smallest absolute Gasteiger partial charge is 0.118 e. The number of hydrogen-bond donors (Lipinski definition) is 1. The predicted octanol–water partition coefficient (Wildman–Crippen LogP) is 3.71. The maximum Gasteiger partial charge on any atom is 0.118 e. The molecule has 114 valence electrons. The third-order valence-electron chi connectivity index (χ3n) is 4.33. The zero-order valence-electron chi connectivity index (χ0n) is 13.5. The van der Waals surface area contributed by atoms with Crippen LogP contribution >= 0.6 is 0 Å². The number of piperidine rings is 1. The van der Waals surface area contributed by atoms with Crippen LogP contribution in [0.2, 0.25) is 0 Å². The Balaban J connectivity index is 1.91. The molecule has 0 spiro atoms. The molecule has 2 heterocycles. The number of hydrogen-bond acceptors (Lipinski definition) is 3. The summed E-state index contributed by atoms with van der Waals surface area (Å²) < 4.78 is 5.94. The Morgan fingerprint density at radius 2 is 2.25 bits per heavy atom. The van der Waals surface area contributed by atoms with Crippen LogP contribution in [0.15, 0.2) is 10.5 Å². The van der Waals surface area contributed by atoms with E-state index >= 15 is 0 Å². The zero-order valence-corrected chi connectivity index (χ0v) is 13.5. The molecule has 1 fully saturated rings. The van der Waals surface area contributed by atoms with E-state index in [4.69, 9.17) is 4.42 Å². The van der Waals surface area contributed by atoms with Crippen molar-refractivity contribution in [2.24, 2.45) is 5.92 Å². The van der Waals surface area contributed by atoms with Crippen molar-refractivity contribution in [3.63, 3.8) is 0 Å². The van der Waals surface area contributed by atoms with Crippen LogP contribution < -0.4 is 5.32 Å². The minimum absolute atomic E-state index is 0.514. The topological polar surface area (TPSA) is 28.4 Å². The van der Waals surface area contributed by atoms with Gasteiger partial charge in [-0.25, -0.2) is 0 Å². The summed E-state index contributed by atoms with van der Waals surface area (Å²) >= 11 is 0. The Labute approximate surface area is 123 Å². The molecule has 0 bridgehead atoms. The average Bonchev–Trinajstić information content (AvgIpc) is 2.76. The first kappa shape index (κ1) is 15.6. The van der Waals surface area contributed by atoms with E-state index in [1.807, 2.05) is 0 Å². The third-order valence-corrected chi connectivity index (χ3v) is 4.33. The predicted molar refractivity (Wildman–Crippen MR) is 83.7 cm³/mol. The first-order valence-corrected chi connectivity index (χ1v) is 8.12. The standard InChI is InChI=1S/C17H30N2O/c1-5-15-7-6-8-19(11-15)12-17-9-16(14(4)20-17)10-18-13(2)3/h9,13,15,18H,5-8,10-12H2,1-4H3. The summed E-state index contributed by atoms with van der Waals surface area (Å²) in [5, 5.41) is 3.46. The van der Waals surface area contributed by atoms with Crippen LogP contribution in [0, 0.1) is 12.8 Å². The summed E-state index contributed by atoms with van der Waals surface area (Å²) in [5.74, 6) is 3.07. The molecule has 1 saturated heterocycles. The molecule has 1 atom stereocenters. The van der Waals surface area contributed by atoms with Gasteiger partial charge in [0.05, 0.1) is 6.54 Å². The second kappa shape index (κ2) is 7.28. The first-order chi connectivity index (χ1) is 9.58. The van der Waals surface area contributed by atoms with Gasteiger partial charge in [0, 0.05) is 24.7 Å². The fourth-order valence-electron chi connectivity index (χ4n) is 3.00. The lowest BCUT2D eigenvalue weighted by atomic mass is 9.95. The van der Waals surface area contributed by atoms with E-state index in [0.29, 0.717) is 6.04 Å². The number of likely N-dealkylation sites (tertiary alicyclic amines) is 1. The third kappa shape index (κ3) is 4.35. The van der Waals surface area contributed by atoms with Crippen molar-refractivity contribution < 1.29 is 4.42 Å². The molecule has 0 radical (unpaired) electrons. The van der Waals surface area contributed by atoms with E-state index in [1.165, 1.54) is 37.9 Å². The number of nitrogens with one attached hydrogen (secondary N) is 1. The van der Waals surface area contributed by atoms with E-state index in [1.54, 1.807) is 0 Å². The number of rotatable bonds is 6. The molecule has 1 aromatic heterocycles. The summed E-state index contributed by atoms with van der Waals surface area (Å²) in [5.41, 5.74) is 1.30. The Bertz CT molecular complexity index is 411. The second-order valence-electron chi connectivity index (χ2n) is 6.48. The van der Waals surface area contributed by atoms with Crippen molar-refractivity contribution >= 4 is 0 Å². The molecule has 0 amide bonds. The van der Waals surface area contributed by atoms with Crippen LogP contribution in [0.1, 0.15) is 57.1 Å². The molecule has 3 heteroatoms. The normalized spacial score (nSPS) is 20.8. The van der Waals surface area contributed by atoms with Crippen LogP contribution in [-0.2, 0) is 13.1 Å². The zero-order chi connectivity index (χ0) is 14.5. The second-order valence-corrected chi connectivity index (χ2v) is 6.48. The minimum Gasteiger partial charge on any atom is -0.465 e. The quantitative estimate of drug-likeness (QED) is 0.860. The summed E-state index contributed by atoms with van der Waals surface area (Å²) in [6.07, 6.45) is 4.03. The van der Waals surface area contributed by atoms with Gasteiger partial charge in [0.25, 0.3) is 0 Å². The van der Waals surface area contributed by atoms with Gasteiger partial charge >= 0.3 is 0 Å². The average molecular weight is 278 g/mol. The molecule has 3 nitrogen and oxygen atoms in total. The molecule has 1 aliphatic heterocycles. The molecular formula is C17H30N2O. The molecular weight excluding hydrogens is 248 g/mol. The monoisotopic (exact) mass is 278 g/mol. The van der Waals surface area contributed by atoms with Crippen LogP contribution in [0.5, 0.6) is 0 Å². The van der Waals surface area contributed by atoms with E-state index in [9.17, 15) is 0 Å². The summed E-state index contributed by atoms with van der Waals surface area (Å²) in [6, 6.07) is 2.75. The van der Waals surface area contributed by atoms with Crippen molar-refractivity contribution in [1.29, 1.82) is 0 Å². The van der Waals surface area contributed by atoms with Crippen molar-refractivity contribution in [3.8, 4) is 0 Å². The maximum absolute atomic E-state index is 5.94. The van der Waals surface area contributed by atoms with E-state index in [-0.39, 0.29) is 0 Å². The van der Waals surface area contributed by atoms with Gasteiger partial charge in [-0.1, -0.05) is 27.2 Å². The number of aryl methyl sites for hydroxylation is 1. The summed E-state index contributed by atoms with van der Waals surface area (Å²) in [7, 11) is 0. The molecule has 2 rings (SSSR count). The fourth-order valence-corrected chi connectivity index (χ4v) is 3.00. The van der Waals surface area contributed by atoms with E-state index in [0.717, 1.165) is 30.5 Å². The van der Waals surface area contributed by atoms with Crippen LogP contribution in [0.25, 0.3) is 0 Å². The number of nitrogens with zero attached hydrogens (tertiary/aromatic N) is 1. The highest BCUT2D eigenvalue weighted by Gasteiger charge is 2.20. The van der Waals surface area contributed by atoms with Gasteiger partial charge in [0.2, 0.25) is 0 Å². The van der Waals surface area contributed by atoms with E-state index in [2.05, 4.69) is 44.0 Å². The van der Waals surface area contributed by atoms with Gasteiger partial charge in [-0.3, -0.25) is 4.90 Å². The van der Waals surface area contributed by atoms with Crippen LogP contribution in [-0.4, -0.2) is 24.0 Å². The molecule has 0 aliphatic carbocycles. The molecule has 1 N–H and O–H groups in total. The number of furan rings is 1. The highest BCUT2D eigenvalue weighted by atomic mass is 16.3. The Morgan fingerprint density at radius 3 is 2.95 bits per heavy atom. The largest absolute Gasteiger partial charge is 0.465 e. The lowest BCUT2D eigenvalue weighted by molar-refractivity contribution is 0.154. The fraction of sp³-hybridized carbons (Fsp3) is 0.765. The van der Waals surface area contributed by atoms with Crippen molar-refractivity contribution in [3.05, 3.63) is 23.2 Å². The lowest BCUT2D eigenvalue weighted by Gasteiger charge is -2.31. The van der Waals surface area contributed by atoms with Crippen molar-refractivity contribution in [2.45, 2.75) is 66.1 Å². The summed E-state index contributed by atoms with van der Waals surface area (Å²) in [6.45, 7) is 13.1. The van der Waals surface area contributed by atoms with Gasteiger partial charge < -0.3 is 9.73 Å². The van der Waals surface area contributed by atoms with Gasteiger partial charge in [0.15, 0.2) is 0 Å². The lowest BCUT2D eigenvalue weighted by Crippen LogP contribution is -2.34. The molecule has 0 aromatic carbocycles. The summed E-state index contributed by atoms with van der Waals surface area (Å²) in [4.78, 5) is 2.55. The molecule has 0 saturated carbocycles. The SMILES string of the molecule is CCC1CCCN(Cc2cc(CNC(C)C)c(C)o2)C1. The van der Waals surface area contributed by atoms with Crippen molar-refractivity contribution in [1.82, 2.24) is 10.2 Å². The highest BCUT2D eigenvalue weighted by molar-refractivity contribution is 5.20. The molecule has 20 heavy (non-hydrogen) atoms. The first-order valence-electron chi connectivity index (χ1n) is 8.12. The Kier molecular flexibility index (Phi) is 5.67. The molecule has 1 aliphatic rings. The van der Waals surface area contributed by atoms with Crippen LogP contribution in [0.4, 0.5) is 0 Å². The van der Waals surface area contributed by atoms with Gasteiger partial charge in [0.1, 0.15) is 11.5 Å². The Hall–Kier alpha value is -0.800. The van der Waals surface area contributed by atoms with Gasteiger partial charge in [-0.2, -0.15) is 0 Å². The maximum atomic E-state index is 5.94. The van der Waals surface area contributed by atoms with Gasteiger partial charge in [-0.15, -0.1) is 0 Å².